The van der Waals surface area contributed by atoms with E-state index in [4.69, 9.17) is 19.9 Å². The molecule has 0 unspecified atom stereocenters. The molecule has 1 aromatic heterocycles. The number of nitrogens with one attached hydrogen (secondary N) is 2. The lowest BCUT2D eigenvalue weighted by molar-refractivity contribution is -0.218. The van der Waals surface area contributed by atoms with Gasteiger partial charge in [-0.1, -0.05) is 5.16 Å². The topological polar surface area (TPSA) is 249 Å². The van der Waals surface area contributed by atoms with Gasteiger partial charge in [-0.3, -0.25) is 18.9 Å². The molecule has 2 heterocycles. The highest BCUT2D eigenvalue weighted by Crippen LogP contribution is 2.33. The van der Waals surface area contributed by atoms with Crippen LogP contribution in [0.15, 0.2) is 40.9 Å². The molecule has 1 aliphatic heterocycles. The number of aromatic nitrogens is 1. The summed E-state index contributed by atoms with van der Waals surface area (Å²) >= 11 is 0.944. The number of aldehydes is 1. The highest BCUT2D eigenvalue weighted by molar-refractivity contribution is 7.80. The van der Waals surface area contributed by atoms with E-state index in [0.29, 0.717) is 22.6 Å². The maximum Gasteiger partial charge on any atom is 0.418 e. The number of hydrogen-bond acceptors (Lipinski definition) is 14. The number of nitrogen functional groups attached to an aromatic ring is 1. The van der Waals surface area contributed by atoms with Gasteiger partial charge in [-0.05, 0) is 43.7 Å². The first-order chi connectivity index (χ1) is 19.7. The number of nitrogens with zero attached hydrogens (tertiary/aromatic N) is 3. The Morgan fingerprint density at radius 2 is 1.98 bits per heavy atom. The number of hydroxylamine groups is 2. The number of carbonyl (C=O) groups excluding carboxylic acids is 3. The second-order valence-corrected chi connectivity index (χ2v) is 10.8. The van der Waals surface area contributed by atoms with Crippen LogP contribution in [-0.4, -0.2) is 89.2 Å². The fourth-order valence-corrected chi connectivity index (χ4v) is 4.58. The average Bonchev–Trinajstić information content (AvgIpc) is 3.35. The number of nitrogens with two attached hydrogens (primary N) is 1. The van der Waals surface area contributed by atoms with Crippen molar-refractivity contribution in [1.82, 2.24) is 20.7 Å². The number of hydrogen-bond donors (Lipinski definition) is 5. The lowest BCUT2D eigenvalue weighted by atomic mass is 9.84. The van der Waals surface area contributed by atoms with Gasteiger partial charge in [0, 0.05) is 24.2 Å². The van der Waals surface area contributed by atoms with Gasteiger partial charge >= 0.3 is 16.4 Å². The smallest absolute Gasteiger partial charge is 0.418 e. The number of carboxylic acid groups (broad SMARTS) is 1. The predicted molar refractivity (Wildman–Crippen MR) is 146 cm³/mol. The Labute approximate surface area is 242 Å². The van der Waals surface area contributed by atoms with E-state index in [0.717, 1.165) is 11.3 Å². The van der Waals surface area contributed by atoms with Crippen LogP contribution >= 0.6 is 11.3 Å². The molecule has 2 amide bonds. The van der Waals surface area contributed by atoms with Crippen molar-refractivity contribution < 1.29 is 51.1 Å². The number of thiazole rings is 1. The number of oxime groups is 1. The van der Waals surface area contributed by atoms with Crippen LogP contribution in [-0.2, 0) is 38.7 Å². The van der Waals surface area contributed by atoms with Crippen LogP contribution in [0.5, 0.6) is 5.75 Å². The number of ether oxygens (including phenoxy) is 1. The van der Waals surface area contributed by atoms with Crippen molar-refractivity contribution in [3.8, 4) is 5.75 Å². The molecule has 2 aromatic rings. The lowest BCUT2D eigenvalue weighted by Crippen LogP contribution is -2.76. The maximum absolute atomic E-state index is 13.1. The molecule has 0 aliphatic carbocycles. The van der Waals surface area contributed by atoms with Gasteiger partial charge in [0.1, 0.15) is 30.4 Å². The summed E-state index contributed by atoms with van der Waals surface area (Å²) < 4.78 is 40.7. The first-order valence-electron chi connectivity index (χ1n) is 11.7. The summed E-state index contributed by atoms with van der Waals surface area (Å²) in [5.74, 6) is -3.25. The number of amides is 2. The summed E-state index contributed by atoms with van der Waals surface area (Å²) in [6.45, 7) is 2.16. The number of carboxylic acids is 1. The van der Waals surface area contributed by atoms with E-state index in [1.165, 1.54) is 37.4 Å². The lowest BCUT2D eigenvalue weighted by Gasteiger charge is -2.50. The fourth-order valence-electron chi connectivity index (χ4n) is 3.58. The number of rotatable bonds is 14. The molecule has 17 nitrogen and oxygen atoms in total. The van der Waals surface area contributed by atoms with E-state index < -0.39 is 58.2 Å². The van der Waals surface area contributed by atoms with E-state index in [1.807, 2.05) is 0 Å². The molecule has 1 saturated heterocycles. The Bertz CT molecular complexity index is 1520. The highest BCUT2D eigenvalue weighted by Gasteiger charge is 2.58. The first-order valence-corrected chi connectivity index (χ1v) is 14.0. The van der Waals surface area contributed by atoms with E-state index in [9.17, 15) is 32.7 Å². The Balaban J connectivity index is 1.75. The Hall–Kier alpha value is -4.59. The van der Waals surface area contributed by atoms with Gasteiger partial charge in [-0.15, -0.1) is 15.6 Å². The molecule has 6 N–H and O–H groups in total. The molecular weight excluding hydrogens is 600 g/mol. The minimum Gasteiger partial charge on any atom is -0.489 e. The predicted octanol–water partition coefficient (Wildman–Crippen LogP) is -0.423. The van der Waals surface area contributed by atoms with Crippen LogP contribution in [0.3, 0.4) is 0 Å². The summed E-state index contributed by atoms with van der Waals surface area (Å²) in [6.07, 6.45) is 0.251. The summed E-state index contributed by atoms with van der Waals surface area (Å²) in [4.78, 5) is 57.2. The third kappa shape index (κ3) is 7.57. The summed E-state index contributed by atoms with van der Waals surface area (Å²) in [6, 6.07) is 5.01. The number of benzene rings is 1. The van der Waals surface area contributed by atoms with Crippen LogP contribution in [0.4, 0.5) is 5.13 Å². The third-order valence-electron chi connectivity index (χ3n) is 5.72. The first kappa shape index (κ1) is 31.9. The van der Waals surface area contributed by atoms with Crippen molar-refractivity contribution >= 4 is 62.3 Å². The molecule has 3 rings (SSSR count). The molecule has 226 valence electrons. The number of allylic oxidation sites excluding steroid dienone is 1. The van der Waals surface area contributed by atoms with E-state index >= 15 is 0 Å². The summed E-state index contributed by atoms with van der Waals surface area (Å²) in [7, 11) is -3.38. The van der Waals surface area contributed by atoms with Crippen LogP contribution in [0.2, 0.25) is 0 Å². The van der Waals surface area contributed by atoms with E-state index in [2.05, 4.69) is 25.1 Å². The Morgan fingerprint density at radius 3 is 2.48 bits per heavy atom. The second-order valence-electron chi connectivity index (χ2n) is 8.94. The zero-order chi connectivity index (χ0) is 31.2. The standard InChI is InChI=1S/C23H26N6O11S2/c1-23(2)18(20(32)29(23)40-42(35,36)37)27-19(31)17(15-11-41-22(24)26-15)28-39-16(21(33)34)10-38-13-6-4-12(5-7-13)14(25-3)8-9-30/h4-9,11,16,18,25H,10H2,1-3H3,(H2,24,26)(H,27,31)(H,33,34)(H,35,36,37)/b14-8?,28-17-/t16-,18+/m0/s1. The quantitative estimate of drug-likeness (QED) is 0.0446. The molecule has 0 spiro atoms. The maximum atomic E-state index is 13.1. The monoisotopic (exact) mass is 626 g/mol. The van der Waals surface area contributed by atoms with Crippen molar-refractivity contribution in [2.75, 3.05) is 19.4 Å². The van der Waals surface area contributed by atoms with E-state index in [-0.39, 0.29) is 16.6 Å². The molecule has 0 saturated carbocycles. The second kappa shape index (κ2) is 12.9. The zero-order valence-corrected chi connectivity index (χ0v) is 23.8. The summed E-state index contributed by atoms with van der Waals surface area (Å²) in [5, 5.41) is 20.2. The van der Waals surface area contributed by atoms with Crippen LogP contribution < -0.4 is 21.1 Å². The normalized spacial score (nSPS) is 17.6. The minimum absolute atomic E-state index is 0.0456. The molecule has 0 bridgehead atoms. The van der Waals surface area contributed by atoms with Gasteiger partial charge in [0.05, 0.1) is 5.54 Å². The van der Waals surface area contributed by atoms with Crippen LogP contribution in [0, 0.1) is 0 Å². The number of aliphatic carboxylic acids is 1. The van der Waals surface area contributed by atoms with Crippen LogP contribution in [0.1, 0.15) is 25.1 Å². The van der Waals surface area contributed by atoms with Crippen LogP contribution in [0.25, 0.3) is 5.70 Å². The van der Waals surface area contributed by atoms with Gasteiger partial charge in [0.15, 0.2) is 10.8 Å². The van der Waals surface area contributed by atoms with Gasteiger partial charge in [-0.2, -0.15) is 13.5 Å². The third-order valence-corrected chi connectivity index (χ3v) is 6.73. The summed E-state index contributed by atoms with van der Waals surface area (Å²) in [5.41, 5.74) is 4.80. The largest absolute Gasteiger partial charge is 0.489 e. The van der Waals surface area contributed by atoms with E-state index in [1.54, 1.807) is 19.2 Å². The van der Waals surface area contributed by atoms with Gasteiger partial charge in [-0.25, -0.2) is 9.78 Å². The molecule has 1 aromatic carbocycles. The van der Waals surface area contributed by atoms with Gasteiger partial charge < -0.3 is 31.0 Å². The zero-order valence-electron chi connectivity index (χ0n) is 22.2. The van der Waals surface area contributed by atoms with Crippen molar-refractivity contribution in [3.05, 3.63) is 47.0 Å². The highest BCUT2D eigenvalue weighted by atomic mass is 32.3. The number of β-lactam (4-membered cyclic amide) rings is 1. The van der Waals surface area contributed by atoms with Gasteiger partial charge in [0.2, 0.25) is 0 Å². The average molecular weight is 627 g/mol. The molecule has 19 heteroatoms. The number of anilines is 1. The van der Waals surface area contributed by atoms with Crippen molar-refractivity contribution in [2.24, 2.45) is 5.16 Å². The molecule has 1 fully saturated rings. The van der Waals surface area contributed by atoms with Gasteiger partial charge in [0.25, 0.3) is 17.9 Å². The van der Waals surface area contributed by atoms with Crippen molar-refractivity contribution in [1.29, 1.82) is 0 Å². The fraction of sp³-hybridized carbons (Fsp3) is 0.304. The Morgan fingerprint density at radius 1 is 1.31 bits per heavy atom. The van der Waals surface area contributed by atoms with Crippen molar-refractivity contribution in [2.45, 2.75) is 31.5 Å². The molecule has 1 aliphatic rings. The Kier molecular flexibility index (Phi) is 9.83. The number of carbonyl (C=O) groups is 4. The SMILES string of the molecule is CNC(=CC=O)c1ccc(OC[C@H](O/N=C(\C(=O)N[C@@H]2C(=O)N(OS(=O)(=O)O)C2(C)C)c2csc(N)n2)C(=O)O)cc1. The molecule has 42 heavy (non-hydrogen) atoms. The van der Waals surface area contributed by atoms with Crippen molar-refractivity contribution in [3.63, 3.8) is 0 Å². The molecule has 0 radical (unpaired) electrons. The minimum atomic E-state index is -5.02. The molecule has 2 atom stereocenters. The molecular formula is C23H26N6O11S2.